The fourth-order valence-electron chi connectivity index (χ4n) is 2.09. The average Bonchev–Trinajstić information content (AvgIpc) is 2.48. The Morgan fingerprint density at radius 1 is 1.05 bits per heavy atom. The van der Waals surface area contributed by atoms with Crippen LogP contribution in [0.1, 0.15) is 5.69 Å². The molecule has 0 saturated heterocycles. The molecule has 0 aliphatic carbocycles. The van der Waals surface area contributed by atoms with Gasteiger partial charge in [-0.2, -0.15) is 0 Å². The second-order valence-electron chi connectivity index (χ2n) is 4.44. The standard InChI is InChI=1S/C16H15N3O/c1-17-11-12-10-13(7-9-18-12)20-16-6-2-5-15-14(16)4-3-8-19-15/h2-10,17H,11H2,1H3. The zero-order valence-corrected chi connectivity index (χ0v) is 11.2. The summed E-state index contributed by atoms with van der Waals surface area (Å²) in [7, 11) is 1.89. The van der Waals surface area contributed by atoms with Crippen molar-refractivity contribution in [1.29, 1.82) is 0 Å². The van der Waals surface area contributed by atoms with Crippen molar-refractivity contribution in [1.82, 2.24) is 15.3 Å². The van der Waals surface area contributed by atoms with E-state index in [1.165, 1.54) is 0 Å². The summed E-state index contributed by atoms with van der Waals surface area (Å²) >= 11 is 0. The molecule has 20 heavy (non-hydrogen) atoms. The fourth-order valence-corrected chi connectivity index (χ4v) is 2.09. The molecule has 100 valence electrons. The molecule has 0 fully saturated rings. The lowest BCUT2D eigenvalue weighted by molar-refractivity contribution is 0.486. The van der Waals surface area contributed by atoms with Crippen LogP contribution in [0, 0.1) is 0 Å². The number of pyridine rings is 2. The Kier molecular flexibility index (Phi) is 3.56. The molecule has 0 unspecified atom stereocenters. The predicted octanol–water partition coefficient (Wildman–Crippen LogP) is 3.14. The van der Waals surface area contributed by atoms with Crippen LogP contribution < -0.4 is 10.1 Å². The second-order valence-corrected chi connectivity index (χ2v) is 4.44. The van der Waals surface area contributed by atoms with Gasteiger partial charge in [-0.1, -0.05) is 6.07 Å². The Labute approximate surface area is 117 Å². The number of rotatable bonds is 4. The van der Waals surface area contributed by atoms with Crippen LogP contribution in [0.4, 0.5) is 0 Å². The van der Waals surface area contributed by atoms with Gasteiger partial charge in [0.1, 0.15) is 11.5 Å². The predicted molar refractivity (Wildman–Crippen MR) is 78.8 cm³/mol. The summed E-state index contributed by atoms with van der Waals surface area (Å²) < 4.78 is 5.97. The van der Waals surface area contributed by atoms with E-state index in [4.69, 9.17) is 4.74 Å². The van der Waals surface area contributed by atoms with E-state index in [0.29, 0.717) is 6.54 Å². The number of benzene rings is 1. The zero-order chi connectivity index (χ0) is 13.8. The molecule has 0 aliphatic rings. The maximum atomic E-state index is 5.97. The number of aromatic nitrogens is 2. The lowest BCUT2D eigenvalue weighted by atomic mass is 10.2. The number of fused-ring (bicyclic) bond motifs is 1. The molecule has 4 nitrogen and oxygen atoms in total. The Morgan fingerprint density at radius 2 is 2.00 bits per heavy atom. The molecule has 2 heterocycles. The smallest absolute Gasteiger partial charge is 0.136 e. The molecule has 3 aromatic rings. The van der Waals surface area contributed by atoms with Gasteiger partial charge in [0, 0.05) is 30.4 Å². The first kappa shape index (κ1) is 12.6. The average molecular weight is 265 g/mol. The molecule has 0 aliphatic heterocycles. The lowest BCUT2D eigenvalue weighted by Gasteiger charge is -2.09. The Morgan fingerprint density at radius 3 is 2.90 bits per heavy atom. The molecule has 0 bridgehead atoms. The minimum atomic E-state index is 0.717. The fraction of sp³-hybridized carbons (Fsp3) is 0.125. The number of ether oxygens (including phenoxy) is 1. The van der Waals surface area contributed by atoms with E-state index >= 15 is 0 Å². The van der Waals surface area contributed by atoms with Gasteiger partial charge in [0.15, 0.2) is 0 Å². The van der Waals surface area contributed by atoms with Crippen molar-refractivity contribution in [3.63, 3.8) is 0 Å². The highest BCUT2D eigenvalue weighted by atomic mass is 16.5. The molecule has 3 rings (SSSR count). The third kappa shape index (κ3) is 2.60. The minimum Gasteiger partial charge on any atom is -0.457 e. The maximum Gasteiger partial charge on any atom is 0.136 e. The van der Waals surface area contributed by atoms with Crippen LogP contribution in [0.25, 0.3) is 10.9 Å². The summed E-state index contributed by atoms with van der Waals surface area (Å²) in [6.45, 7) is 0.717. The van der Waals surface area contributed by atoms with Crippen LogP contribution in [-0.4, -0.2) is 17.0 Å². The Hall–Kier alpha value is -2.46. The van der Waals surface area contributed by atoms with Crippen LogP contribution in [0.15, 0.2) is 54.9 Å². The van der Waals surface area contributed by atoms with Crippen molar-refractivity contribution < 1.29 is 4.74 Å². The molecule has 1 aromatic carbocycles. The summed E-state index contributed by atoms with van der Waals surface area (Å²) in [4.78, 5) is 8.61. The summed E-state index contributed by atoms with van der Waals surface area (Å²) in [5, 5.41) is 4.08. The van der Waals surface area contributed by atoms with E-state index in [1.807, 2.05) is 49.5 Å². The van der Waals surface area contributed by atoms with Gasteiger partial charge in [0.05, 0.1) is 11.2 Å². The number of hydrogen-bond acceptors (Lipinski definition) is 4. The van der Waals surface area contributed by atoms with Crippen molar-refractivity contribution in [2.75, 3.05) is 7.05 Å². The molecular formula is C16H15N3O. The zero-order valence-electron chi connectivity index (χ0n) is 11.2. The van der Waals surface area contributed by atoms with Crippen LogP contribution in [0.3, 0.4) is 0 Å². The monoisotopic (exact) mass is 265 g/mol. The van der Waals surface area contributed by atoms with Gasteiger partial charge in [-0.3, -0.25) is 9.97 Å². The van der Waals surface area contributed by atoms with Crippen LogP contribution in [0.2, 0.25) is 0 Å². The van der Waals surface area contributed by atoms with E-state index in [-0.39, 0.29) is 0 Å². The first-order valence-corrected chi connectivity index (χ1v) is 6.48. The third-order valence-corrected chi connectivity index (χ3v) is 2.98. The van der Waals surface area contributed by atoms with Crippen molar-refractivity contribution in [3.8, 4) is 11.5 Å². The van der Waals surface area contributed by atoms with Gasteiger partial charge < -0.3 is 10.1 Å². The van der Waals surface area contributed by atoms with E-state index in [9.17, 15) is 0 Å². The summed E-state index contributed by atoms with van der Waals surface area (Å²) in [6, 6.07) is 13.6. The molecule has 0 amide bonds. The van der Waals surface area contributed by atoms with Gasteiger partial charge in [-0.25, -0.2) is 0 Å². The van der Waals surface area contributed by atoms with Gasteiger partial charge in [0.25, 0.3) is 0 Å². The van der Waals surface area contributed by atoms with Gasteiger partial charge in [-0.05, 0) is 37.4 Å². The molecular weight excluding hydrogens is 250 g/mol. The van der Waals surface area contributed by atoms with Crippen LogP contribution >= 0.6 is 0 Å². The molecule has 2 aromatic heterocycles. The largest absolute Gasteiger partial charge is 0.457 e. The molecule has 0 atom stereocenters. The lowest BCUT2D eigenvalue weighted by Crippen LogP contribution is -2.06. The highest BCUT2D eigenvalue weighted by Crippen LogP contribution is 2.28. The Balaban J connectivity index is 1.95. The van der Waals surface area contributed by atoms with Gasteiger partial charge >= 0.3 is 0 Å². The third-order valence-electron chi connectivity index (χ3n) is 2.98. The van der Waals surface area contributed by atoms with Crippen LogP contribution in [0.5, 0.6) is 11.5 Å². The van der Waals surface area contributed by atoms with E-state index < -0.39 is 0 Å². The second kappa shape index (κ2) is 5.67. The molecule has 0 saturated carbocycles. The van der Waals surface area contributed by atoms with Crippen molar-refractivity contribution in [3.05, 3.63) is 60.6 Å². The van der Waals surface area contributed by atoms with Gasteiger partial charge in [0.2, 0.25) is 0 Å². The summed E-state index contributed by atoms with van der Waals surface area (Å²) in [6.07, 6.45) is 3.54. The minimum absolute atomic E-state index is 0.717. The van der Waals surface area contributed by atoms with E-state index in [0.717, 1.165) is 28.1 Å². The molecule has 4 heteroatoms. The normalized spacial score (nSPS) is 10.7. The first-order valence-electron chi connectivity index (χ1n) is 6.48. The number of nitrogens with one attached hydrogen (secondary N) is 1. The maximum absolute atomic E-state index is 5.97. The summed E-state index contributed by atoms with van der Waals surface area (Å²) in [5.74, 6) is 1.58. The van der Waals surface area contributed by atoms with Crippen molar-refractivity contribution in [2.24, 2.45) is 0 Å². The van der Waals surface area contributed by atoms with E-state index in [1.54, 1.807) is 12.4 Å². The summed E-state index contributed by atoms with van der Waals surface area (Å²) in [5.41, 5.74) is 1.87. The highest BCUT2D eigenvalue weighted by molar-refractivity contribution is 5.85. The first-order chi connectivity index (χ1) is 9.86. The molecule has 0 radical (unpaired) electrons. The highest BCUT2D eigenvalue weighted by Gasteiger charge is 2.04. The topological polar surface area (TPSA) is 47.0 Å². The number of nitrogens with zero attached hydrogens (tertiary/aromatic N) is 2. The van der Waals surface area contributed by atoms with Crippen LogP contribution in [-0.2, 0) is 6.54 Å². The molecule has 0 spiro atoms. The SMILES string of the molecule is CNCc1cc(Oc2cccc3ncccc23)ccn1. The molecule has 1 N–H and O–H groups in total. The van der Waals surface area contributed by atoms with Gasteiger partial charge in [-0.15, -0.1) is 0 Å². The van der Waals surface area contributed by atoms with Crippen molar-refractivity contribution >= 4 is 10.9 Å². The Bertz CT molecular complexity index is 722. The number of hydrogen-bond donors (Lipinski definition) is 1. The quantitative estimate of drug-likeness (QED) is 0.787. The van der Waals surface area contributed by atoms with E-state index in [2.05, 4.69) is 15.3 Å². The van der Waals surface area contributed by atoms with Crippen molar-refractivity contribution in [2.45, 2.75) is 6.54 Å².